The van der Waals surface area contributed by atoms with Gasteiger partial charge in [-0.15, -0.1) is 0 Å². The van der Waals surface area contributed by atoms with Crippen molar-refractivity contribution in [2.75, 3.05) is 18.1 Å². The van der Waals surface area contributed by atoms with Crippen LogP contribution in [-0.4, -0.2) is 37.7 Å². The van der Waals surface area contributed by atoms with Crippen molar-refractivity contribution in [3.63, 3.8) is 0 Å². The third-order valence-electron chi connectivity index (χ3n) is 2.68. The van der Waals surface area contributed by atoms with E-state index in [0.717, 1.165) is 25.7 Å². The zero-order valence-corrected chi connectivity index (χ0v) is 9.17. The van der Waals surface area contributed by atoms with Gasteiger partial charge in [-0.2, -0.15) is 0 Å². The Bertz CT molecular complexity index is 257. The van der Waals surface area contributed by atoms with E-state index in [1.54, 1.807) is 0 Å². The number of hydrogen-bond acceptors (Lipinski definition) is 4. The number of sulfone groups is 1. The van der Waals surface area contributed by atoms with Gasteiger partial charge in [-0.25, -0.2) is 8.42 Å². The van der Waals surface area contributed by atoms with E-state index in [9.17, 15) is 8.42 Å². The summed E-state index contributed by atoms with van der Waals surface area (Å²) in [6.45, 7) is 0.0178. The SMILES string of the molecule is NCC(O)CS(=O)(=O)CC1CCCC1. The maximum absolute atomic E-state index is 11.5. The minimum absolute atomic E-state index is 0.0178. The smallest absolute Gasteiger partial charge is 0.153 e. The predicted molar refractivity (Wildman–Crippen MR) is 55.7 cm³/mol. The molecule has 1 unspecified atom stereocenters. The number of hydrogen-bond donors (Lipinski definition) is 2. The van der Waals surface area contributed by atoms with Gasteiger partial charge in [-0.3, -0.25) is 0 Å². The summed E-state index contributed by atoms with van der Waals surface area (Å²) in [5.74, 6) is 0.356. The molecule has 3 N–H and O–H groups in total. The zero-order valence-electron chi connectivity index (χ0n) is 8.35. The summed E-state index contributed by atoms with van der Waals surface area (Å²) < 4.78 is 23.1. The van der Waals surface area contributed by atoms with Crippen LogP contribution in [-0.2, 0) is 9.84 Å². The van der Waals surface area contributed by atoms with Crippen molar-refractivity contribution in [1.29, 1.82) is 0 Å². The molecule has 5 heteroatoms. The monoisotopic (exact) mass is 221 g/mol. The van der Waals surface area contributed by atoms with Crippen molar-refractivity contribution in [3.8, 4) is 0 Å². The molecular formula is C9H19NO3S. The maximum Gasteiger partial charge on any atom is 0.153 e. The average Bonchev–Trinajstić information content (AvgIpc) is 2.54. The first kappa shape index (κ1) is 11.9. The van der Waals surface area contributed by atoms with Crippen LogP contribution in [0.4, 0.5) is 0 Å². The Morgan fingerprint density at radius 1 is 1.36 bits per heavy atom. The van der Waals surface area contributed by atoms with Crippen LogP contribution in [0.5, 0.6) is 0 Å². The normalized spacial score (nSPS) is 21.3. The molecule has 0 bridgehead atoms. The Morgan fingerprint density at radius 3 is 2.43 bits per heavy atom. The van der Waals surface area contributed by atoms with Gasteiger partial charge in [0.1, 0.15) is 0 Å². The molecule has 0 aromatic carbocycles. The summed E-state index contributed by atoms with van der Waals surface area (Å²) in [6.07, 6.45) is 3.40. The van der Waals surface area contributed by atoms with Crippen LogP contribution < -0.4 is 5.73 Å². The Hall–Kier alpha value is -0.130. The van der Waals surface area contributed by atoms with E-state index < -0.39 is 15.9 Å². The molecule has 84 valence electrons. The van der Waals surface area contributed by atoms with Crippen LogP contribution in [0.1, 0.15) is 25.7 Å². The number of aliphatic hydroxyl groups excluding tert-OH is 1. The van der Waals surface area contributed by atoms with Crippen LogP contribution in [0.3, 0.4) is 0 Å². The molecule has 0 saturated heterocycles. The summed E-state index contributed by atoms with van der Waals surface area (Å²) in [6, 6.07) is 0. The fraction of sp³-hybridized carbons (Fsp3) is 1.00. The first-order valence-corrected chi connectivity index (χ1v) is 6.94. The largest absolute Gasteiger partial charge is 0.391 e. The molecule has 0 heterocycles. The molecule has 0 aliphatic heterocycles. The van der Waals surface area contributed by atoms with Gasteiger partial charge in [0.05, 0.1) is 17.6 Å². The van der Waals surface area contributed by atoms with Crippen molar-refractivity contribution in [3.05, 3.63) is 0 Å². The second kappa shape index (κ2) is 5.09. The van der Waals surface area contributed by atoms with Crippen molar-refractivity contribution < 1.29 is 13.5 Å². The summed E-state index contributed by atoms with van der Waals surface area (Å²) >= 11 is 0. The molecule has 1 aliphatic carbocycles. The highest BCUT2D eigenvalue weighted by molar-refractivity contribution is 7.91. The maximum atomic E-state index is 11.5. The summed E-state index contributed by atoms with van der Waals surface area (Å²) in [4.78, 5) is 0. The molecule has 0 aromatic rings. The standard InChI is InChI=1S/C9H19NO3S/c10-5-9(11)7-14(12,13)6-8-3-1-2-4-8/h8-9,11H,1-7,10H2. The van der Waals surface area contributed by atoms with Gasteiger partial charge in [0.2, 0.25) is 0 Å². The summed E-state index contributed by atoms with van der Waals surface area (Å²) in [5, 5.41) is 9.16. The van der Waals surface area contributed by atoms with E-state index in [1.807, 2.05) is 0 Å². The predicted octanol–water partition coefficient (Wildman–Crippen LogP) is -0.0890. The first-order chi connectivity index (χ1) is 6.53. The van der Waals surface area contributed by atoms with Crippen molar-refractivity contribution in [1.82, 2.24) is 0 Å². The second-order valence-electron chi connectivity index (χ2n) is 4.12. The average molecular weight is 221 g/mol. The molecule has 0 aromatic heterocycles. The summed E-state index contributed by atoms with van der Waals surface area (Å²) in [5.41, 5.74) is 5.17. The van der Waals surface area contributed by atoms with E-state index in [2.05, 4.69) is 0 Å². The lowest BCUT2D eigenvalue weighted by Gasteiger charge is -2.12. The number of rotatable bonds is 5. The molecule has 14 heavy (non-hydrogen) atoms. The quantitative estimate of drug-likeness (QED) is 0.680. The lowest BCUT2D eigenvalue weighted by atomic mass is 10.1. The molecule has 1 saturated carbocycles. The van der Waals surface area contributed by atoms with Crippen molar-refractivity contribution in [2.24, 2.45) is 11.7 Å². The minimum atomic E-state index is -3.11. The van der Waals surface area contributed by atoms with E-state index in [4.69, 9.17) is 10.8 Å². The van der Waals surface area contributed by atoms with E-state index >= 15 is 0 Å². The first-order valence-electron chi connectivity index (χ1n) is 5.12. The van der Waals surface area contributed by atoms with E-state index in [0.29, 0.717) is 5.92 Å². The van der Waals surface area contributed by atoms with Crippen LogP contribution in [0, 0.1) is 5.92 Å². The zero-order chi connectivity index (χ0) is 10.6. The Kier molecular flexibility index (Phi) is 4.34. The Labute approximate surface area is 85.4 Å². The molecule has 0 radical (unpaired) electrons. The molecule has 1 atom stereocenters. The fourth-order valence-corrected chi connectivity index (χ4v) is 3.88. The highest BCUT2D eigenvalue weighted by atomic mass is 32.2. The van der Waals surface area contributed by atoms with Gasteiger partial charge in [0, 0.05) is 6.54 Å². The number of aliphatic hydroxyl groups is 1. The van der Waals surface area contributed by atoms with Gasteiger partial charge in [-0.05, 0) is 18.8 Å². The van der Waals surface area contributed by atoms with Crippen LogP contribution >= 0.6 is 0 Å². The number of nitrogens with two attached hydrogens (primary N) is 1. The van der Waals surface area contributed by atoms with Gasteiger partial charge in [0.25, 0.3) is 0 Å². The molecule has 0 amide bonds. The van der Waals surface area contributed by atoms with Crippen LogP contribution in [0.25, 0.3) is 0 Å². The van der Waals surface area contributed by atoms with Gasteiger partial charge >= 0.3 is 0 Å². The van der Waals surface area contributed by atoms with Crippen molar-refractivity contribution in [2.45, 2.75) is 31.8 Å². The van der Waals surface area contributed by atoms with Gasteiger partial charge in [-0.1, -0.05) is 12.8 Å². The van der Waals surface area contributed by atoms with Crippen molar-refractivity contribution >= 4 is 9.84 Å². The van der Waals surface area contributed by atoms with Gasteiger partial charge in [0.15, 0.2) is 9.84 Å². The molecule has 4 nitrogen and oxygen atoms in total. The minimum Gasteiger partial charge on any atom is -0.391 e. The molecule has 1 rings (SSSR count). The molecule has 1 fully saturated rings. The molecule has 0 spiro atoms. The highest BCUT2D eigenvalue weighted by Crippen LogP contribution is 2.26. The van der Waals surface area contributed by atoms with Crippen LogP contribution in [0.2, 0.25) is 0 Å². The summed E-state index contributed by atoms with van der Waals surface area (Å²) in [7, 11) is -3.11. The molecular weight excluding hydrogens is 202 g/mol. The third-order valence-corrected chi connectivity index (χ3v) is 4.55. The fourth-order valence-electron chi connectivity index (χ4n) is 1.97. The van der Waals surface area contributed by atoms with E-state index in [1.165, 1.54) is 0 Å². The lowest BCUT2D eigenvalue weighted by Crippen LogP contribution is -2.31. The van der Waals surface area contributed by atoms with Gasteiger partial charge < -0.3 is 10.8 Å². The molecule has 1 aliphatic rings. The van der Waals surface area contributed by atoms with Crippen LogP contribution in [0.15, 0.2) is 0 Å². The lowest BCUT2D eigenvalue weighted by molar-refractivity contribution is 0.205. The Morgan fingerprint density at radius 2 is 1.93 bits per heavy atom. The highest BCUT2D eigenvalue weighted by Gasteiger charge is 2.24. The topological polar surface area (TPSA) is 80.4 Å². The Balaban J connectivity index is 2.40. The second-order valence-corrected chi connectivity index (χ2v) is 6.27. The van der Waals surface area contributed by atoms with E-state index in [-0.39, 0.29) is 18.1 Å². The third kappa shape index (κ3) is 3.94.